The van der Waals surface area contributed by atoms with Crippen LogP contribution in [0.3, 0.4) is 0 Å². The van der Waals surface area contributed by atoms with Crippen LogP contribution < -0.4 is 10.1 Å². The molecular weight excluding hydrogens is 340 g/mol. The normalized spacial score (nSPS) is 14.7. The maximum atomic E-state index is 12.5. The lowest BCUT2D eigenvalue weighted by molar-refractivity contribution is -0.124. The summed E-state index contributed by atoms with van der Waals surface area (Å²) in [7, 11) is 0. The molecule has 1 fully saturated rings. The molecule has 0 unspecified atom stereocenters. The number of nitrogens with zero attached hydrogens (tertiary/aromatic N) is 1. The molecule has 2 aromatic carbocycles. The lowest BCUT2D eigenvalue weighted by Crippen LogP contribution is -2.47. The van der Waals surface area contributed by atoms with E-state index in [9.17, 15) is 9.59 Å². The van der Waals surface area contributed by atoms with Crippen LogP contribution in [-0.2, 0) is 4.79 Å². The van der Waals surface area contributed by atoms with Crippen molar-refractivity contribution in [2.45, 2.75) is 32.7 Å². The van der Waals surface area contributed by atoms with E-state index in [1.54, 1.807) is 0 Å². The second kappa shape index (κ2) is 8.71. The van der Waals surface area contributed by atoms with Crippen LogP contribution in [-0.4, -0.2) is 42.5 Å². The number of rotatable bonds is 5. The SMILES string of the molecule is Cc1cccc(OCC(=O)NC2CCN(C(=O)c3ccccc3)CC2)c1C. The third-order valence-corrected chi connectivity index (χ3v) is 5.08. The maximum absolute atomic E-state index is 12.5. The molecule has 1 heterocycles. The van der Waals surface area contributed by atoms with Crippen molar-refractivity contribution in [3.63, 3.8) is 0 Å². The molecule has 0 saturated carbocycles. The summed E-state index contributed by atoms with van der Waals surface area (Å²) in [6.45, 7) is 5.31. The Kier molecular flexibility index (Phi) is 6.12. The minimum Gasteiger partial charge on any atom is -0.483 e. The Hall–Kier alpha value is -2.82. The second-order valence-corrected chi connectivity index (χ2v) is 6.99. The first-order valence-electron chi connectivity index (χ1n) is 9.37. The van der Waals surface area contributed by atoms with E-state index in [1.165, 1.54) is 0 Å². The molecule has 0 bridgehead atoms. The van der Waals surface area contributed by atoms with Gasteiger partial charge in [-0.2, -0.15) is 0 Å². The van der Waals surface area contributed by atoms with Crippen LogP contribution in [0, 0.1) is 13.8 Å². The van der Waals surface area contributed by atoms with Crippen molar-refractivity contribution in [1.82, 2.24) is 10.2 Å². The van der Waals surface area contributed by atoms with Crippen molar-refractivity contribution < 1.29 is 14.3 Å². The molecule has 0 aromatic heterocycles. The summed E-state index contributed by atoms with van der Waals surface area (Å²) < 4.78 is 5.66. The van der Waals surface area contributed by atoms with Crippen molar-refractivity contribution in [3.05, 3.63) is 65.2 Å². The molecule has 2 amide bonds. The monoisotopic (exact) mass is 366 g/mol. The van der Waals surface area contributed by atoms with Crippen molar-refractivity contribution in [2.75, 3.05) is 19.7 Å². The number of hydrogen-bond donors (Lipinski definition) is 1. The lowest BCUT2D eigenvalue weighted by Gasteiger charge is -2.32. The van der Waals surface area contributed by atoms with Gasteiger partial charge in [0.2, 0.25) is 0 Å². The molecule has 3 rings (SSSR count). The van der Waals surface area contributed by atoms with Crippen molar-refractivity contribution >= 4 is 11.8 Å². The average molecular weight is 366 g/mol. The predicted octanol–water partition coefficient (Wildman–Crippen LogP) is 3.10. The second-order valence-electron chi connectivity index (χ2n) is 6.99. The number of aryl methyl sites for hydroxylation is 1. The highest BCUT2D eigenvalue weighted by Gasteiger charge is 2.24. The van der Waals surface area contributed by atoms with E-state index in [4.69, 9.17) is 4.74 Å². The standard InChI is InChI=1S/C22H26N2O3/c1-16-7-6-10-20(17(16)2)27-15-21(25)23-19-11-13-24(14-12-19)22(26)18-8-4-3-5-9-18/h3-10,19H,11-15H2,1-2H3,(H,23,25). The number of carbonyl (C=O) groups excluding carboxylic acids is 2. The quantitative estimate of drug-likeness (QED) is 0.885. The van der Waals surface area contributed by atoms with Gasteiger partial charge in [0.1, 0.15) is 5.75 Å². The molecule has 0 atom stereocenters. The zero-order valence-corrected chi connectivity index (χ0v) is 15.9. The zero-order valence-electron chi connectivity index (χ0n) is 15.9. The number of benzene rings is 2. The summed E-state index contributed by atoms with van der Waals surface area (Å²) in [4.78, 5) is 26.5. The molecule has 1 N–H and O–H groups in total. The molecule has 1 saturated heterocycles. The molecule has 1 aliphatic heterocycles. The Bertz CT molecular complexity index is 796. The first kappa shape index (κ1) is 19.0. The van der Waals surface area contributed by atoms with Gasteiger partial charge in [-0.15, -0.1) is 0 Å². The predicted molar refractivity (Wildman–Crippen MR) is 105 cm³/mol. The van der Waals surface area contributed by atoms with E-state index < -0.39 is 0 Å². The Morgan fingerprint density at radius 3 is 2.44 bits per heavy atom. The number of ether oxygens (including phenoxy) is 1. The highest BCUT2D eigenvalue weighted by atomic mass is 16.5. The van der Waals surface area contributed by atoms with Crippen LogP contribution >= 0.6 is 0 Å². The smallest absolute Gasteiger partial charge is 0.258 e. The van der Waals surface area contributed by atoms with Gasteiger partial charge in [0, 0.05) is 24.7 Å². The molecule has 0 spiro atoms. The molecule has 5 heteroatoms. The highest BCUT2D eigenvalue weighted by molar-refractivity contribution is 5.94. The Morgan fingerprint density at radius 1 is 1.04 bits per heavy atom. The van der Waals surface area contributed by atoms with Crippen LogP contribution in [0.2, 0.25) is 0 Å². The maximum Gasteiger partial charge on any atom is 0.258 e. The van der Waals surface area contributed by atoms with Crippen molar-refractivity contribution in [2.24, 2.45) is 0 Å². The summed E-state index contributed by atoms with van der Waals surface area (Å²) >= 11 is 0. The zero-order chi connectivity index (χ0) is 19.2. The molecule has 2 aromatic rings. The van der Waals surface area contributed by atoms with E-state index in [1.807, 2.05) is 67.3 Å². The summed E-state index contributed by atoms with van der Waals surface area (Å²) in [5.41, 5.74) is 2.91. The van der Waals surface area contributed by atoms with Gasteiger partial charge >= 0.3 is 0 Å². The molecular formula is C22H26N2O3. The van der Waals surface area contributed by atoms with E-state index in [0.29, 0.717) is 18.7 Å². The summed E-state index contributed by atoms with van der Waals surface area (Å²) in [6, 6.07) is 15.2. The third kappa shape index (κ3) is 4.88. The largest absolute Gasteiger partial charge is 0.483 e. The lowest BCUT2D eigenvalue weighted by atomic mass is 10.0. The minimum atomic E-state index is -0.122. The van der Waals surface area contributed by atoms with Gasteiger partial charge < -0.3 is 15.0 Å². The average Bonchev–Trinajstić information content (AvgIpc) is 2.70. The third-order valence-electron chi connectivity index (χ3n) is 5.08. The van der Waals surface area contributed by atoms with Gasteiger partial charge in [-0.3, -0.25) is 9.59 Å². The van der Waals surface area contributed by atoms with Crippen molar-refractivity contribution in [3.8, 4) is 5.75 Å². The highest BCUT2D eigenvalue weighted by Crippen LogP contribution is 2.20. The topological polar surface area (TPSA) is 58.6 Å². The Labute approximate surface area is 160 Å². The van der Waals surface area contributed by atoms with E-state index in [0.717, 1.165) is 29.7 Å². The molecule has 0 radical (unpaired) electrons. The first-order valence-corrected chi connectivity index (χ1v) is 9.37. The molecule has 5 nitrogen and oxygen atoms in total. The summed E-state index contributed by atoms with van der Waals surface area (Å²) in [6.07, 6.45) is 1.52. The van der Waals surface area contributed by atoms with E-state index in [-0.39, 0.29) is 24.5 Å². The number of nitrogens with one attached hydrogen (secondary N) is 1. The number of carbonyl (C=O) groups is 2. The van der Waals surface area contributed by atoms with Crippen LogP contribution in [0.5, 0.6) is 5.75 Å². The van der Waals surface area contributed by atoms with Gasteiger partial charge in [0.25, 0.3) is 11.8 Å². The van der Waals surface area contributed by atoms with Gasteiger partial charge in [-0.05, 0) is 56.0 Å². The van der Waals surface area contributed by atoms with Crippen LogP contribution in [0.4, 0.5) is 0 Å². The van der Waals surface area contributed by atoms with Gasteiger partial charge in [0.05, 0.1) is 0 Å². The van der Waals surface area contributed by atoms with E-state index >= 15 is 0 Å². The molecule has 142 valence electrons. The summed E-state index contributed by atoms with van der Waals surface area (Å²) in [5.74, 6) is 0.677. The molecule has 1 aliphatic rings. The Morgan fingerprint density at radius 2 is 1.74 bits per heavy atom. The fraction of sp³-hybridized carbons (Fsp3) is 0.364. The van der Waals surface area contributed by atoms with Gasteiger partial charge in [0.15, 0.2) is 6.61 Å². The number of amides is 2. The van der Waals surface area contributed by atoms with Gasteiger partial charge in [-0.1, -0.05) is 30.3 Å². The fourth-order valence-electron chi connectivity index (χ4n) is 3.28. The minimum absolute atomic E-state index is 0.00739. The first-order chi connectivity index (χ1) is 13.0. The van der Waals surface area contributed by atoms with E-state index in [2.05, 4.69) is 5.32 Å². The number of piperidine rings is 1. The van der Waals surface area contributed by atoms with Crippen LogP contribution in [0.15, 0.2) is 48.5 Å². The van der Waals surface area contributed by atoms with Crippen LogP contribution in [0.25, 0.3) is 0 Å². The Balaban J connectivity index is 1.44. The molecule has 27 heavy (non-hydrogen) atoms. The van der Waals surface area contributed by atoms with Crippen LogP contribution in [0.1, 0.15) is 34.3 Å². The number of hydrogen-bond acceptors (Lipinski definition) is 3. The molecule has 0 aliphatic carbocycles. The number of likely N-dealkylation sites (tertiary alicyclic amines) is 1. The van der Waals surface area contributed by atoms with Crippen molar-refractivity contribution in [1.29, 1.82) is 0 Å². The fourth-order valence-corrected chi connectivity index (χ4v) is 3.28. The summed E-state index contributed by atoms with van der Waals surface area (Å²) in [5, 5.41) is 3.02. The van der Waals surface area contributed by atoms with Gasteiger partial charge in [-0.25, -0.2) is 0 Å².